The summed E-state index contributed by atoms with van der Waals surface area (Å²) in [5.74, 6) is -2.28. The summed E-state index contributed by atoms with van der Waals surface area (Å²) in [5.41, 5.74) is 1.21. The molecule has 2 rings (SSSR count). The first-order valence-corrected chi connectivity index (χ1v) is 7.02. The SMILES string of the molecule is CCNC(Cc1cccc(F)c1Cl)c1ccc(F)c(F)c1. The smallest absolute Gasteiger partial charge is 0.159 e. The van der Waals surface area contributed by atoms with Crippen LogP contribution in [0, 0.1) is 17.5 Å². The largest absolute Gasteiger partial charge is 0.310 e. The summed E-state index contributed by atoms with van der Waals surface area (Å²) in [6.45, 7) is 2.54. The topological polar surface area (TPSA) is 12.0 Å². The van der Waals surface area contributed by atoms with Crippen LogP contribution < -0.4 is 5.32 Å². The van der Waals surface area contributed by atoms with E-state index in [0.717, 1.165) is 12.1 Å². The molecule has 21 heavy (non-hydrogen) atoms. The lowest BCUT2D eigenvalue weighted by atomic mass is 9.98. The third kappa shape index (κ3) is 3.77. The third-order valence-corrected chi connectivity index (χ3v) is 3.68. The van der Waals surface area contributed by atoms with E-state index in [1.807, 2.05) is 6.92 Å². The molecular formula is C16H15ClF3N. The summed E-state index contributed by atoms with van der Waals surface area (Å²) >= 11 is 5.94. The van der Waals surface area contributed by atoms with Gasteiger partial charge in [-0.15, -0.1) is 0 Å². The fourth-order valence-electron chi connectivity index (χ4n) is 2.21. The first-order chi connectivity index (χ1) is 10.0. The van der Waals surface area contributed by atoms with Crippen molar-refractivity contribution < 1.29 is 13.2 Å². The maximum atomic E-state index is 13.5. The molecule has 0 saturated carbocycles. The van der Waals surface area contributed by atoms with E-state index in [1.54, 1.807) is 12.1 Å². The zero-order valence-electron chi connectivity index (χ0n) is 11.5. The van der Waals surface area contributed by atoms with Gasteiger partial charge in [0.1, 0.15) is 5.82 Å². The maximum absolute atomic E-state index is 13.5. The molecule has 0 heterocycles. The number of benzene rings is 2. The molecule has 0 radical (unpaired) electrons. The fourth-order valence-corrected chi connectivity index (χ4v) is 2.41. The van der Waals surface area contributed by atoms with Gasteiger partial charge in [0.15, 0.2) is 11.6 Å². The molecule has 1 nitrogen and oxygen atoms in total. The second-order valence-electron chi connectivity index (χ2n) is 4.70. The molecule has 0 spiro atoms. The average Bonchev–Trinajstić information content (AvgIpc) is 2.46. The van der Waals surface area contributed by atoms with Gasteiger partial charge in [-0.2, -0.15) is 0 Å². The van der Waals surface area contributed by atoms with Gasteiger partial charge in [0, 0.05) is 6.04 Å². The second-order valence-corrected chi connectivity index (χ2v) is 5.08. The molecule has 2 aromatic rings. The number of rotatable bonds is 5. The van der Waals surface area contributed by atoms with Crippen molar-refractivity contribution in [2.24, 2.45) is 0 Å². The monoisotopic (exact) mass is 313 g/mol. The predicted molar refractivity (Wildman–Crippen MR) is 77.9 cm³/mol. The minimum absolute atomic E-state index is 0.0583. The molecule has 1 unspecified atom stereocenters. The molecule has 0 saturated heterocycles. The Hall–Kier alpha value is -1.52. The van der Waals surface area contributed by atoms with E-state index in [1.165, 1.54) is 12.1 Å². The zero-order valence-corrected chi connectivity index (χ0v) is 12.2. The highest BCUT2D eigenvalue weighted by atomic mass is 35.5. The molecule has 0 aromatic heterocycles. The standard InChI is InChI=1S/C16H15ClF3N/c1-2-21-15(10-6-7-12(18)14(20)8-10)9-11-4-3-5-13(19)16(11)17/h3-8,15,21H,2,9H2,1H3. The number of hydrogen-bond acceptors (Lipinski definition) is 1. The molecule has 0 aliphatic heterocycles. The van der Waals surface area contributed by atoms with Crippen LogP contribution in [0.4, 0.5) is 13.2 Å². The van der Waals surface area contributed by atoms with Crippen LogP contribution in [0.1, 0.15) is 24.1 Å². The van der Waals surface area contributed by atoms with E-state index in [2.05, 4.69) is 5.32 Å². The highest BCUT2D eigenvalue weighted by molar-refractivity contribution is 6.31. The Bertz CT molecular complexity index is 631. The highest BCUT2D eigenvalue weighted by Crippen LogP contribution is 2.26. The van der Waals surface area contributed by atoms with Gasteiger partial charge in [0.25, 0.3) is 0 Å². The van der Waals surface area contributed by atoms with E-state index >= 15 is 0 Å². The van der Waals surface area contributed by atoms with Crippen molar-refractivity contribution in [1.82, 2.24) is 5.32 Å². The molecule has 1 N–H and O–H groups in total. The van der Waals surface area contributed by atoms with Gasteiger partial charge in [0.05, 0.1) is 5.02 Å². The Balaban J connectivity index is 2.30. The van der Waals surface area contributed by atoms with E-state index in [-0.39, 0.29) is 11.1 Å². The van der Waals surface area contributed by atoms with Crippen LogP contribution in [0.2, 0.25) is 5.02 Å². The van der Waals surface area contributed by atoms with Crippen LogP contribution in [0.5, 0.6) is 0 Å². The Morgan fingerprint density at radius 3 is 2.48 bits per heavy atom. The van der Waals surface area contributed by atoms with Gasteiger partial charge in [0.2, 0.25) is 0 Å². The van der Waals surface area contributed by atoms with Gasteiger partial charge >= 0.3 is 0 Å². The number of hydrogen-bond donors (Lipinski definition) is 1. The average molecular weight is 314 g/mol. The molecule has 112 valence electrons. The number of halogens is 4. The molecular weight excluding hydrogens is 299 g/mol. The Morgan fingerprint density at radius 1 is 1.05 bits per heavy atom. The molecule has 2 aromatic carbocycles. The zero-order chi connectivity index (χ0) is 15.4. The molecule has 0 amide bonds. The second kappa shape index (κ2) is 6.96. The summed E-state index contributed by atoms with van der Waals surface area (Å²) in [5, 5.41) is 3.23. The van der Waals surface area contributed by atoms with Crippen molar-refractivity contribution in [3.8, 4) is 0 Å². The Labute approximate surface area is 126 Å². The minimum Gasteiger partial charge on any atom is -0.310 e. The Kier molecular flexibility index (Phi) is 5.26. The highest BCUT2D eigenvalue weighted by Gasteiger charge is 2.16. The summed E-state index contributed by atoms with van der Waals surface area (Å²) in [6, 6.07) is 8.05. The van der Waals surface area contributed by atoms with Crippen LogP contribution in [0.25, 0.3) is 0 Å². The van der Waals surface area contributed by atoms with Crippen molar-refractivity contribution >= 4 is 11.6 Å². The van der Waals surface area contributed by atoms with Crippen LogP contribution in [0.3, 0.4) is 0 Å². The first-order valence-electron chi connectivity index (χ1n) is 6.64. The molecule has 1 atom stereocenters. The maximum Gasteiger partial charge on any atom is 0.159 e. The summed E-state index contributed by atoms with van der Waals surface area (Å²) in [4.78, 5) is 0. The van der Waals surface area contributed by atoms with Crippen LogP contribution >= 0.6 is 11.6 Å². The van der Waals surface area contributed by atoms with Crippen molar-refractivity contribution in [2.45, 2.75) is 19.4 Å². The fraction of sp³-hybridized carbons (Fsp3) is 0.250. The minimum atomic E-state index is -0.902. The molecule has 0 aliphatic rings. The first kappa shape index (κ1) is 15.9. The molecule has 0 bridgehead atoms. The van der Waals surface area contributed by atoms with Gasteiger partial charge in [-0.1, -0.05) is 36.7 Å². The summed E-state index contributed by atoms with van der Waals surface area (Å²) < 4.78 is 39.9. The van der Waals surface area contributed by atoms with Crippen LogP contribution in [0.15, 0.2) is 36.4 Å². The number of nitrogens with one attached hydrogen (secondary N) is 1. The van der Waals surface area contributed by atoms with Crippen molar-refractivity contribution in [3.05, 3.63) is 70.0 Å². The van der Waals surface area contributed by atoms with Gasteiger partial charge in [-0.05, 0) is 42.3 Å². The van der Waals surface area contributed by atoms with E-state index < -0.39 is 17.5 Å². The summed E-state index contributed by atoms with van der Waals surface area (Å²) in [6.07, 6.45) is 0.384. The lowest BCUT2D eigenvalue weighted by Gasteiger charge is -2.19. The summed E-state index contributed by atoms with van der Waals surface area (Å²) in [7, 11) is 0. The van der Waals surface area contributed by atoms with E-state index in [0.29, 0.717) is 24.1 Å². The van der Waals surface area contributed by atoms with Gasteiger partial charge in [-0.25, -0.2) is 13.2 Å². The molecule has 5 heteroatoms. The van der Waals surface area contributed by atoms with Crippen molar-refractivity contribution in [3.63, 3.8) is 0 Å². The lowest BCUT2D eigenvalue weighted by molar-refractivity contribution is 0.497. The van der Waals surface area contributed by atoms with Crippen molar-refractivity contribution in [2.75, 3.05) is 6.54 Å². The molecule has 0 fully saturated rings. The molecule has 0 aliphatic carbocycles. The number of likely N-dealkylation sites (N-methyl/N-ethyl adjacent to an activating group) is 1. The van der Waals surface area contributed by atoms with Crippen LogP contribution in [-0.4, -0.2) is 6.54 Å². The third-order valence-electron chi connectivity index (χ3n) is 3.25. The van der Waals surface area contributed by atoms with Gasteiger partial charge in [-0.3, -0.25) is 0 Å². The van der Waals surface area contributed by atoms with Crippen molar-refractivity contribution in [1.29, 1.82) is 0 Å². The predicted octanol–water partition coefficient (Wildman–Crippen LogP) is 4.65. The van der Waals surface area contributed by atoms with E-state index in [9.17, 15) is 13.2 Å². The Morgan fingerprint density at radius 2 is 1.81 bits per heavy atom. The van der Waals surface area contributed by atoms with Gasteiger partial charge < -0.3 is 5.32 Å². The van der Waals surface area contributed by atoms with Crippen LogP contribution in [-0.2, 0) is 6.42 Å². The normalized spacial score (nSPS) is 12.4. The lowest BCUT2D eigenvalue weighted by Crippen LogP contribution is -2.23. The quantitative estimate of drug-likeness (QED) is 0.847. The van der Waals surface area contributed by atoms with E-state index in [4.69, 9.17) is 11.6 Å².